The van der Waals surface area contributed by atoms with E-state index in [2.05, 4.69) is 14.7 Å². The molecule has 0 aliphatic carbocycles. The van der Waals surface area contributed by atoms with Gasteiger partial charge in [0.1, 0.15) is 5.82 Å². The Morgan fingerprint density at radius 2 is 1.71 bits per heavy atom. The first-order valence-electron chi connectivity index (χ1n) is 11.6. The van der Waals surface area contributed by atoms with Gasteiger partial charge in [-0.3, -0.25) is 9.69 Å². The second-order valence-electron chi connectivity index (χ2n) is 8.63. The Morgan fingerprint density at radius 1 is 0.968 bits per heavy atom. The predicted octanol–water partition coefficient (Wildman–Crippen LogP) is 1.29. The molecule has 3 saturated heterocycles. The number of piperazine rings is 1. The van der Waals surface area contributed by atoms with E-state index in [0.29, 0.717) is 6.42 Å². The molecule has 0 radical (unpaired) electrons. The molecule has 0 aromatic heterocycles. The van der Waals surface area contributed by atoms with Crippen LogP contribution in [0.4, 0.5) is 10.1 Å². The number of halogens is 1. The molecule has 0 spiro atoms. The molecule has 3 fully saturated rings. The Bertz CT molecular complexity index is 691. The molecule has 1 atom stereocenters. The summed E-state index contributed by atoms with van der Waals surface area (Å²) < 4.78 is 24.6. The Kier molecular flexibility index (Phi) is 8.13. The minimum atomic E-state index is -0.218. The molecule has 31 heavy (non-hydrogen) atoms. The van der Waals surface area contributed by atoms with Gasteiger partial charge in [-0.05, 0) is 30.7 Å². The smallest absolute Gasteiger partial charge is 0.223 e. The van der Waals surface area contributed by atoms with Crippen molar-refractivity contribution in [3.05, 3.63) is 30.1 Å². The molecule has 0 saturated carbocycles. The summed E-state index contributed by atoms with van der Waals surface area (Å²) in [6.07, 6.45) is 1.90. The molecule has 3 aliphatic rings. The molecule has 0 unspecified atom stereocenters. The fourth-order valence-electron chi connectivity index (χ4n) is 4.59. The van der Waals surface area contributed by atoms with Crippen LogP contribution < -0.4 is 4.90 Å². The molecule has 0 N–H and O–H groups in total. The Hall–Kier alpha value is -1.74. The minimum absolute atomic E-state index is 0.218. The highest BCUT2D eigenvalue weighted by atomic mass is 19.1. The number of amides is 1. The van der Waals surface area contributed by atoms with Crippen LogP contribution >= 0.6 is 0 Å². The van der Waals surface area contributed by atoms with E-state index in [0.717, 1.165) is 97.4 Å². The van der Waals surface area contributed by atoms with Crippen LogP contribution in [0.5, 0.6) is 0 Å². The third-order valence-electron chi connectivity index (χ3n) is 6.56. The van der Waals surface area contributed by atoms with Crippen molar-refractivity contribution < 1.29 is 18.7 Å². The first-order chi connectivity index (χ1) is 15.2. The Labute approximate surface area is 184 Å². The second-order valence-corrected chi connectivity index (χ2v) is 8.63. The number of morpholine rings is 1. The number of likely N-dealkylation sites (tertiary alicyclic amines) is 1. The summed E-state index contributed by atoms with van der Waals surface area (Å²) in [5.41, 5.74) is 1.02. The fourth-order valence-corrected chi connectivity index (χ4v) is 4.59. The van der Waals surface area contributed by atoms with Gasteiger partial charge in [0.05, 0.1) is 25.9 Å². The SMILES string of the molecule is O=C(CCN1CC[C@@H](OCCN2CCOCC2)C1)N1CCN(c2ccc(F)cc2)CC1. The average Bonchev–Trinajstić information content (AvgIpc) is 3.26. The molecule has 172 valence electrons. The normalized spacial score (nSPS) is 23.5. The number of hydrogen-bond donors (Lipinski definition) is 0. The second kappa shape index (κ2) is 11.2. The van der Waals surface area contributed by atoms with Crippen LogP contribution in [0.3, 0.4) is 0 Å². The highest BCUT2D eigenvalue weighted by Gasteiger charge is 2.26. The maximum atomic E-state index is 13.1. The standard InChI is InChI=1S/C23H35FN4O3/c24-20-1-3-21(4-2-20)27-9-11-28(12-10-27)23(29)6-8-26-7-5-22(19-26)31-18-15-25-13-16-30-17-14-25/h1-4,22H,5-19H2/t22-/m1/s1. The van der Waals surface area contributed by atoms with Crippen molar-refractivity contribution in [3.8, 4) is 0 Å². The molecular formula is C23H35FN4O3. The molecule has 0 bridgehead atoms. The van der Waals surface area contributed by atoms with E-state index in [4.69, 9.17) is 9.47 Å². The van der Waals surface area contributed by atoms with Crippen molar-refractivity contribution in [1.29, 1.82) is 0 Å². The zero-order valence-electron chi connectivity index (χ0n) is 18.4. The molecule has 8 heteroatoms. The summed E-state index contributed by atoms with van der Waals surface area (Å²) in [5, 5.41) is 0. The topological polar surface area (TPSA) is 48.5 Å². The van der Waals surface area contributed by atoms with Crippen molar-refractivity contribution in [2.45, 2.75) is 18.9 Å². The molecular weight excluding hydrogens is 399 g/mol. The third-order valence-corrected chi connectivity index (χ3v) is 6.56. The first kappa shape index (κ1) is 22.5. The number of carbonyl (C=O) groups excluding carboxylic acids is 1. The number of anilines is 1. The summed E-state index contributed by atoms with van der Waals surface area (Å²) >= 11 is 0. The van der Waals surface area contributed by atoms with Crippen LogP contribution in [-0.4, -0.2) is 112 Å². The van der Waals surface area contributed by atoms with E-state index in [1.807, 2.05) is 4.90 Å². The molecule has 1 amide bonds. The van der Waals surface area contributed by atoms with Crippen LogP contribution in [0.25, 0.3) is 0 Å². The fraction of sp³-hybridized carbons (Fsp3) is 0.696. The van der Waals surface area contributed by atoms with Gasteiger partial charge in [-0.1, -0.05) is 0 Å². The van der Waals surface area contributed by atoms with Crippen LogP contribution in [0, 0.1) is 5.82 Å². The van der Waals surface area contributed by atoms with Crippen molar-refractivity contribution in [2.24, 2.45) is 0 Å². The van der Waals surface area contributed by atoms with Gasteiger partial charge < -0.3 is 24.2 Å². The number of ether oxygens (including phenoxy) is 2. The van der Waals surface area contributed by atoms with Crippen LogP contribution in [0.15, 0.2) is 24.3 Å². The molecule has 7 nitrogen and oxygen atoms in total. The zero-order valence-corrected chi connectivity index (χ0v) is 18.4. The molecule has 1 aromatic carbocycles. The highest BCUT2D eigenvalue weighted by Crippen LogP contribution is 2.18. The minimum Gasteiger partial charge on any atom is -0.379 e. The van der Waals surface area contributed by atoms with Gasteiger partial charge in [0.15, 0.2) is 0 Å². The first-order valence-corrected chi connectivity index (χ1v) is 11.6. The highest BCUT2D eigenvalue weighted by molar-refractivity contribution is 5.76. The van der Waals surface area contributed by atoms with Crippen molar-refractivity contribution in [1.82, 2.24) is 14.7 Å². The lowest BCUT2D eigenvalue weighted by Gasteiger charge is -2.36. The maximum Gasteiger partial charge on any atom is 0.223 e. The molecule has 3 heterocycles. The maximum absolute atomic E-state index is 13.1. The number of hydrogen-bond acceptors (Lipinski definition) is 6. The van der Waals surface area contributed by atoms with E-state index in [9.17, 15) is 9.18 Å². The van der Waals surface area contributed by atoms with E-state index >= 15 is 0 Å². The molecule has 4 rings (SSSR count). The predicted molar refractivity (Wildman–Crippen MR) is 118 cm³/mol. The van der Waals surface area contributed by atoms with Crippen LogP contribution in [0.1, 0.15) is 12.8 Å². The van der Waals surface area contributed by atoms with E-state index in [1.165, 1.54) is 12.1 Å². The molecule has 3 aliphatic heterocycles. The van der Waals surface area contributed by atoms with Crippen LogP contribution in [0.2, 0.25) is 0 Å². The summed E-state index contributed by atoms with van der Waals surface area (Å²) in [4.78, 5) is 21.6. The summed E-state index contributed by atoms with van der Waals surface area (Å²) in [5.74, 6) is 0.0136. The van der Waals surface area contributed by atoms with Gasteiger partial charge in [-0.25, -0.2) is 4.39 Å². The van der Waals surface area contributed by atoms with E-state index in [-0.39, 0.29) is 17.8 Å². The number of nitrogens with zero attached hydrogens (tertiary/aromatic N) is 4. The van der Waals surface area contributed by atoms with Crippen molar-refractivity contribution in [2.75, 3.05) is 90.2 Å². The Morgan fingerprint density at radius 3 is 2.45 bits per heavy atom. The van der Waals surface area contributed by atoms with Gasteiger partial charge in [-0.2, -0.15) is 0 Å². The largest absolute Gasteiger partial charge is 0.379 e. The van der Waals surface area contributed by atoms with Crippen LogP contribution in [-0.2, 0) is 14.3 Å². The molecule has 1 aromatic rings. The summed E-state index contributed by atoms with van der Waals surface area (Å²) in [7, 11) is 0. The lowest BCUT2D eigenvalue weighted by atomic mass is 10.2. The number of rotatable bonds is 8. The van der Waals surface area contributed by atoms with Gasteiger partial charge in [0, 0.05) is 77.6 Å². The monoisotopic (exact) mass is 434 g/mol. The zero-order chi connectivity index (χ0) is 21.5. The number of carbonyl (C=O) groups is 1. The van der Waals surface area contributed by atoms with Gasteiger partial charge in [-0.15, -0.1) is 0 Å². The lowest BCUT2D eigenvalue weighted by Crippen LogP contribution is -2.49. The van der Waals surface area contributed by atoms with Crippen molar-refractivity contribution in [3.63, 3.8) is 0 Å². The lowest BCUT2D eigenvalue weighted by molar-refractivity contribution is -0.131. The van der Waals surface area contributed by atoms with Gasteiger partial charge in [0.25, 0.3) is 0 Å². The quantitative estimate of drug-likeness (QED) is 0.615. The average molecular weight is 435 g/mol. The summed E-state index contributed by atoms with van der Waals surface area (Å²) in [6.45, 7) is 11.2. The van der Waals surface area contributed by atoms with Gasteiger partial charge in [0.2, 0.25) is 5.91 Å². The van der Waals surface area contributed by atoms with E-state index in [1.54, 1.807) is 12.1 Å². The van der Waals surface area contributed by atoms with Crippen molar-refractivity contribution >= 4 is 11.6 Å². The number of benzene rings is 1. The van der Waals surface area contributed by atoms with E-state index < -0.39 is 0 Å². The van der Waals surface area contributed by atoms with Gasteiger partial charge >= 0.3 is 0 Å². The summed E-state index contributed by atoms with van der Waals surface area (Å²) in [6, 6.07) is 6.59. The Balaban J connectivity index is 1.09. The third kappa shape index (κ3) is 6.62.